The van der Waals surface area contributed by atoms with E-state index in [0.717, 1.165) is 24.5 Å². The maximum Gasteiger partial charge on any atom is 0.119 e. The van der Waals surface area contributed by atoms with Crippen molar-refractivity contribution in [2.45, 2.75) is 19.4 Å². The number of rotatable bonds is 7. The SMILES string of the molecule is CCOc1ccc(Cc2ccc(OCC3CO3)cc2)cc1. The van der Waals surface area contributed by atoms with Crippen molar-refractivity contribution < 1.29 is 14.2 Å². The molecule has 3 rings (SSSR count). The summed E-state index contributed by atoms with van der Waals surface area (Å²) in [5.74, 6) is 1.83. The molecule has 21 heavy (non-hydrogen) atoms. The number of ether oxygens (including phenoxy) is 3. The van der Waals surface area contributed by atoms with Gasteiger partial charge in [-0.1, -0.05) is 24.3 Å². The first-order valence-electron chi connectivity index (χ1n) is 7.38. The maximum atomic E-state index is 5.64. The molecule has 0 spiro atoms. The summed E-state index contributed by atoms with van der Waals surface area (Å²) in [6.45, 7) is 4.17. The van der Waals surface area contributed by atoms with Gasteiger partial charge in [-0.05, 0) is 48.7 Å². The largest absolute Gasteiger partial charge is 0.494 e. The summed E-state index contributed by atoms with van der Waals surface area (Å²) < 4.78 is 16.2. The van der Waals surface area contributed by atoms with Gasteiger partial charge in [0.2, 0.25) is 0 Å². The predicted octanol–water partition coefficient (Wildman–Crippen LogP) is 3.45. The molecule has 1 aliphatic rings. The Bertz CT molecular complexity index is 556. The van der Waals surface area contributed by atoms with E-state index in [1.54, 1.807) is 0 Å². The Hall–Kier alpha value is -2.00. The van der Waals surface area contributed by atoms with Gasteiger partial charge in [-0.25, -0.2) is 0 Å². The van der Waals surface area contributed by atoms with E-state index in [4.69, 9.17) is 14.2 Å². The second kappa shape index (κ2) is 6.64. The van der Waals surface area contributed by atoms with E-state index >= 15 is 0 Å². The second-order valence-corrected chi connectivity index (χ2v) is 5.16. The molecule has 1 unspecified atom stereocenters. The quantitative estimate of drug-likeness (QED) is 0.730. The summed E-state index contributed by atoms with van der Waals surface area (Å²) in [5, 5.41) is 0. The van der Waals surface area contributed by atoms with Crippen LogP contribution in [0.4, 0.5) is 0 Å². The second-order valence-electron chi connectivity index (χ2n) is 5.16. The third-order valence-electron chi connectivity index (χ3n) is 3.40. The Morgan fingerprint density at radius 3 is 1.90 bits per heavy atom. The van der Waals surface area contributed by atoms with Crippen LogP contribution in [0, 0.1) is 0 Å². The maximum absolute atomic E-state index is 5.64. The molecular weight excluding hydrogens is 264 g/mol. The molecule has 0 N–H and O–H groups in total. The summed E-state index contributed by atoms with van der Waals surface area (Å²) in [5.41, 5.74) is 2.55. The van der Waals surface area contributed by atoms with Gasteiger partial charge in [0.1, 0.15) is 24.2 Å². The van der Waals surface area contributed by atoms with Crippen LogP contribution in [0.2, 0.25) is 0 Å². The van der Waals surface area contributed by atoms with Crippen LogP contribution in [0.3, 0.4) is 0 Å². The van der Waals surface area contributed by atoms with Crippen LogP contribution in [-0.2, 0) is 11.2 Å². The van der Waals surface area contributed by atoms with E-state index in [1.807, 2.05) is 31.2 Å². The lowest BCUT2D eigenvalue weighted by molar-refractivity contribution is 0.263. The summed E-state index contributed by atoms with van der Waals surface area (Å²) >= 11 is 0. The van der Waals surface area contributed by atoms with Crippen molar-refractivity contribution in [1.82, 2.24) is 0 Å². The van der Waals surface area contributed by atoms with E-state index in [1.165, 1.54) is 11.1 Å². The first-order chi connectivity index (χ1) is 10.3. The van der Waals surface area contributed by atoms with Crippen molar-refractivity contribution in [3.05, 3.63) is 59.7 Å². The molecule has 1 saturated heterocycles. The molecule has 2 aromatic rings. The lowest BCUT2D eigenvalue weighted by atomic mass is 10.0. The molecule has 0 radical (unpaired) electrons. The zero-order chi connectivity index (χ0) is 14.5. The monoisotopic (exact) mass is 284 g/mol. The zero-order valence-corrected chi connectivity index (χ0v) is 12.2. The molecule has 1 atom stereocenters. The first kappa shape index (κ1) is 14.0. The Labute approximate surface area is 125 Å². The third kappa shape index (κ3) is 4.23. The highest BCUT2D eigenvalue weighted by Crippen LogP contribution is 2.19. The highest BCUT2D eigenvalue weighted by Gasteiger charge is 2.22. The average Bonchev–Trinajstić information content (AvgIpc) is 3.33. The van der Waals surface area contributed by atoms with E-state index in [-0.39, 0.29) is 0 Å². The highest BCUT2D eigenvalue weighted by atomic mass is 16.6. The molecule has 0 amide bonds. The van der Waals surface area contributed by atoms with E-state index < -0.39 is 0 Å². The van der Waals surface area contributed by atoms with Crippen molar-refractivity contribution in [3.63, 3.8) is 0 Å². The van der Waals surface area contributed by atoms with E-state index in [2.05, 4.69) is 24.3 Å². The van der Waals surface area contributed by atoms with Crippen LogP contribution < -0.4 is 9.47 Å². The fraction of sp³-hybridized carbons (Fsp3) is 0.333. The van der Waals surface area contributed by atoms with Crippen LogP contribution >= 0.6 is 0 Å². The standard InChI is InChI=1S/C18H20O3/c1-2-19-16-7-3-14(4-8-16)11-15-5-9-17(10-6-15)20-12-18-13-21-18/h3-10,18H,2,11-13H2,1H3. The first-order valence-corrected chi connectivity index (χ1v) is 7.38. The van der Waals surface area contributed by atoms with Crippen LogP contribution in [0.25, 0.3) is 0 Å². The molecule has 0 aromatic heterocycles. The molecule has 1 fully saturated rings. The molecule has 1 heterocycles. The molecule has 1 aliphatic heterocycles. The molecule has 0 aliphatic carbocycles. The average molecular weight is 284 g/mol. The van der Waals surface area contributed by atoms with Gasteiger partial charge in [0.05, 0.1) is 13.2 Å². The minimum absolute atomic E-state index is 0.300. The Kier molecular flexibility index (Phi) is 4.41. The highest BCUT2D eigenvalue weighted by molar-refractivity contribution is 5.34. The van der Waals surface area contributed by atoms with Crippen LogP contribution in [0.15, 0.2) is 48.5 Å². The van der Waals surface area contributed by atoms with Crippen molar-refractivity contribution >= 4 is 0 Å². The van der Waals surface area contributed by atoms with E-state index in [9.17, 15) is 0 Å². The van der Waals surface area contributed by atoms with Crippen LogP contribution in [0.5, 0.6) is 11.5 Å². The minimum Gasteiger partial charge on any atom is -0.494 e. The number of epoxide rings is 1. The lowest BCUT2D eigenvalue weighted by Crippen LogP contribution is -2.03. The van der Waals surface area contributed by atoms with E-state index in [0.29, 0.717) is 19.3 Å². The van der Waals surface area contributed by atoms with Gasteiger partial charge < -0.3 is 14.2 Å². The minimum atomic E-state index is 0.300. The van der Waals surface area contributed by atoms with Crippen molar-refractivity contribution in [2.24, 2.45) is 0 Å². The number of benzene rings is 2. The van der Waals surface area contributed by atoms with Crippen molar-refractivity contribution in [1.29, 1.82) is 0 Å². The normalized spacial score (nSPS) is 16.5. The Balaban J connectivity index is 1.56. The Morgan fingerprint density at radius 2 is 1.43 bits per heavy atom. The van der Waals surface area contributed by atoms with Gasteiger partial charge in [-0.15, -0.1) is 0 Å². The topological polar surface area (TPSA) is 31.0 Å². The molecule has 0 bridgehead atoms. The summed E-state index contributed by atoms with van der Waals surface area (Å²) in [4.78, 5) is 0. The lowest BCUT2D eigenvalue weighted by Gasteiger charge is -2.07. The zero-order valence-electron chi connectivity index (χ0n) is 12.2. The van der Waals surface area contributed by atoms with Gasteiger partial charge in [-0.3, -0.25) is 0 Å². The molecule has 3 heteroatoms. The molecule has 2 aromatic carbocycles. The smallest absolute Gasteiger partial charge is 0.119 e. The van der Waals surface area contributed by atoms with Crippen LogP contribution in [0.1, 0.15) is 18.1 Å². The molecular formula is C18H20O3. The van der Waals surface area contributed by atoms with Gasteiger partial charge in [0, 0.05) is 0 Å². The molecule has 110 valence electrons. The summed E-state index contributed by atoms with van der Waals surface area (Å²) in [7, 11) is 0. The van der Waals surface area contributed by atoms with Gasteiger partial charge in [0.25, 0.3) is 0 Å². The fourth-order valence-corrected chi connectivity index (χ4v) is 2.16. The summed E-state index contributed by atoms with van der Waals surface area (Å²) in [6.07, 6.45) is 1.21. The van der Waals surface area contributed by atoms with Gasteiger partial charge >= 0.3 is 0 Å². The van der Waals surface area contributed by atoms with Gasteiger partial charge in [-0.2, -0.15) is 0 Å². The number of hydrogen-bond acceptors (Lipinski definition) is 3. The fourth-order valence-electron chi connectivity index (χ4n) is 2.16. The Morgan fingerprint density at radius 1 is 0.905 bits per heavy atom. The van der Waals surface area contributed by atoms with Crippen LogP contribution in [-0.4, -0.2) is 25.9 Å². The number of hydrogen-bond donors (Lipinski definition) is 0. The molecule has 3 nitrogen and oxygen atoms in total. The van der Waals surface area contributed by atoms with Crippen molar-refractivity contribution in [2.75, 3.05) is 19.8 Å². The van der Waals surface area contributed by atoms with Crippen molar-refractivity contribution in [3.8, 4) is 11.5 Å². The third-order valence-corrected chi connectivity index (χ3v) is 3.40. The van der Waals surface area contributed by atoms with Gasteiger partial charge in [0.15, 0.2) is 0 Å². The molecule has 0 saturated carbocycles. The summed E-state index contributed by atoms with van der Waals surface area (Å²) in [6, 6.07) is 16.5. The predicted molar refractivity (Wildman–Crippen MR) is 82.1 cm³/mol.